The zero-order valence-corrected chi connectivity index (χ0v) is 14.1. The molecule has 0 bridgehead atoms. The number of esters is 1. The van der Waals surface area contributed by atoms with E-state index in [0.29, 0.717) is 6.61 Å². The molecule has 0 unspecified atom stereocenters. The summed E-state index contributed by atoms with van der Waals surface area (Å²) in [4.78, 5) is 12.6. The van der Waals surface area contributed by atoms with Gasteiger partial charge in [-0.05, 0) is 30.2 Å². The minimum Gasteiger partial charge on any atom is -0.497 e. The van der Waals surface area contributed by atoms with Crippen LogP contribution in [0.25, 0.3) is 0 Å². The van der Waals surface area contributed by atoms with Crippen LogP contribution in [0.2, 0.25) is 0 Å². The maximum absolute atomic E-state index is 12.6. The first-order valence-electron chi connectivity index (χ1n) is 8.33. The van der Waals surface area contributed by atoms with Crippen LogP contribution in [0.3, 0.4) is 0 Å². The van der Waals surface area contributed by atoms with E-state index < -0.39 is 0 Å². The summed E-state index contributed by atoms with van der Waals surface area (Å²) in [5.41, 5.74) is 2.24. The Morgan fingerprint density at radius 3 is 2.42 bits per heavy atom. The van der Waals surface area contributed by atoms with E-state index in [1.54, 1.807) is 7.11 Å². The largest absolute Gasteiger partial charge is 0.497 e. The maximum atomic E-state index is 12.6. The van der Waals surface area contributed by atoms with Gasteiger partial charge in [-0.15, -0.1) is 0 Å². The summed E-state index contributed by atoms with van der Waals surface area (Å²) in [5, 5.41) is 3.51. The molecule has 1 N–H and O–H groups in total. The third-order valence-electron chi connectivity index (χ3n) is 4.61. The summed E-state index contributed by atoms with van der Waals surface area (Å²) in [5.74, 6) is 0.541. The van der Waals surface area contributed by atoms with E-state index in [1.807, 2.05) is 49.4 Å². The molecule has 0 saturated carbocycles. The highest BCUT2D eigenvalue weighted by atomic mass is 16.5. The fraction of sp³-hybridized carbons (Fsp3) is 0.350. The van der Waals surface area contributed by atoms with Crippen molar-refractivity contribution in [1.29, 1.82) is 0 Å². The molecule has 0 radical (unpaired) electrons. The lowest BCUT2D eigenvalue weighted by Crippen LogP contribution is -2.27. The van der Waals surface area contributed by atoms with Crippen molar-refractivity contribution in [3.63, 3.8) is 0 Å². The number of hydrogen-bond donors (Lipinski definition) is 1. The van der Waals surface area contributed by atoms with Crippen molar-refractivity contribution >= 4 is 5.97 Å². The lowest BCUT2D eigenvalue weighted by atomic mass is 9.83. The Labute approximate surface area is 142 Å². The summed E-state index contributed by atoms with van der Waals surface area (Å²) in [7, 11) is 1.65. The van der Waals surface area contributed by atoms with E-state index in [1.165, 1.54) is 5.56 Å². The lowest BCUT2D eigenvalue weighted by Gasteiger charge is -2.23. The highest BCUT2D eigenvalue weighted by Crippen LogP contribution is 2.40. The molecule has 3 atom stereocenters. The molecule has 126 valence electrons. The third kappa shape index (κ3) is 3.29. The minimum atomic E-state index is -0.235. The molecular formula is C20H23NO3. The number of hydrogen-bond acceptors (Lipinski definition) is 4. The fourth-order valence-corrected chi connectivity index (χ4v) is 3.44. The number of methoxy groups -OCH3 is 1. The van der Waals surface area contributed by atoms with E-state index in [0.717, 1.165) is 17.9 Å². The number of nitrogens with one attached hydrogen (secondary N) is 1. The third-order valence-corrected chi connectivity index (χ3v) is 4.61. The van der Waals surface area contributed by atoms with Crippen LogP contribution in [0.15, 0.2) is 54.6 Å². The summed E-state index contributed by atoms with van der Waals surface area (Å²) in [6, 6.07) is 18.0. The van der Waals surface area contributed by atoms with Gasteiger partial charge in [-0.3, -0.25) is 4.79 Å². The predicted octanol–water partition coefficient (Wildman–Crippen LogP) is 3.30. The van der Waals surface area contributed by atoms with Crippen LogP contribution >= 0.6 is 0 Å². The van der Waals surface area contributed by atoms with E-state index >= 15 is 0 Å². The molecular weight excluding hydrogens is 302 g/mol. The number of carbonyl (C=O) groups is 1. The summed E-state index contributed by atoms with van der Waals surface area (Å²) < 4.78 is 10.6. The van der Waals surface area contributed by atoms with Crippen molar-refractivity contribution in [1.82, 2.24) is 5.32 Å². The monoisotopic (exact) mass is 325 g/mol. The van der Waals surface area contributed by atoms with Crippen LogP contribution in [0, 0.1) is 5.92 Å². The minimum absolute atomic E-state index is 0.0554. The van der Waals surface area contributed by atoms with Gasteiger partial charge in [0.1, 0.15) is 5.75 Å². The van der Waals surface area contributed by atoms with E-state index in [2.05, 4.69) is 17.4 Å². The molecule has 1 heterocycles. The van der Waals surface area contributed by atoms with Crippen molar-refractivity contribution < 1.29 is 14.3 Å². The molecule has 2 aromatic carbocycles. The average molecular weight is 325 g/mol. The number of rotatable bonds is 5. The van der Waals surface area contributed by atoms with Crippen LogP contribution in [0.4, 0.5) is 0 Å². The van der Waals surface area contributed by atoms with Gasteiger partial charge in [0.2, 0.25) is 0 Å². The van der Waals surface area contributed by atoms with Crippen molar-refractivity contribution in [3.05, 3.63) is 65.7 Å². The Kier molecular flexibility index (Phi) is 5.16. The zero-order chi connectivity index (χ0) is 16.9. The standard InChI is InChI=1S/C20H23NO3/c1-3-24-20(22)18-17(14-7-5-4-6-8-14)13-21-19(18)15-9-11-16(23-2)12-10-15/h4-12,17-19,21H,3,13H2,1-2H3/t17-,18+,19+/m1/s1. The van der Waals surface area contributed by atoms with Gasteiger partial charge in [-0.1, -0.05) is 42.5 Å². The molecule has 0 amide bonds. The van der Waals surface area contributed by atoms with Gasteiger partial charge < -0.3 is 14.8 Å². The zero-order valence-electron chi connectivity index (χ0n) is 14.1. The smallest absolute Gasteiger partial charge is 0.311 e. The van der Waals surface area contributed by atoms with Crippen molar-refractivity contribution in [2.24, 2.45) is 5.92 Å². The second-order valence-corrected chi connectivity index (χ2v) is 5.95. The molecule has 1 saturated heterocycles. The molecule has 3 rings (SSSR count). The molecule has 0 aliphatic carbocycles. The molecule has 1 aliphatic rings. The Hall–Kier alpha value is -2.33. The lowest BCUT2D eigenvalue weighted by molar-refractivity contribution is -0.148. The van der Waals surface area contributed by atoms with Crippen molar-refractivity contribution in [2.45, 2.75) is 18.9 Å². The summed E-state index contributed by atoms with van der Waals surface area (Å²) in [6.45, 7) is 3.00. The topological polar surface area (TPSA) is 47.6 Å². The number of carbonyl (C=O) groups excluding carboxylic acids is 1. The second kappa shape index (κ2) is 7.49. The molecule has 4 heteroatoms. The molecule has 4 nitrogen and oxygen atoms in total. The number of benzene rings is 2. The Balaban J connectivity index is 1.91. The SMILES string of the molecule is CCOC(=O)[C@H]1[C@@H](c2ccccc2)CN[C@H]1c1ccc(OC)cc1. The Bertz CT molecular complexity index is 669. The second-order valence-electron chi connectivity index (χ2n) is 5.95. The summed E-state index contributed by atoms with van der Waals surface area (Å²) in [6.07, 6.45) is 0. The molecule has 24 heavy (non-hydrogen) atoms. The molecule has 1 aliphatic heterocycles. The van der Waals surface area contributed by atoms with Gasteiger partial charge in [0, 0.05) is 18.5 Å². The first kappa shape index (κ1) is 16.5. The van der Waals surface area contributed by atoms with Crippen LogP contribution in [-0.4, -0.2) is 26.2 Å². The first-order chi connectivity index (χ1) is 11.7. The highest BCUT2D eigenvalue weighted by molar-refractivity contribution is 5.75. The fourth-order valence-electron chi connectivity index (χ4n) is 3.44. The maximum Gasteiger partial charge on any atom is 0.311 e. The van der Waals surface area contributed by atoms with Crippen LogP contribution < -0.4 is 10.1 Å². The van der Waals surface area contributed by atoms with Gasteiger partial charge in [0.15, 0.2) is 0 Å². The first-order valence-corrected chi connectivity index (χ1v) is 8.33. The number of ether oxygens (including phenoxy) is 2. The molecule has 0 aromatic heterocycles. The van der Waals surface area contributed by atoms with Crippen molar-refractivity contribution in [3.8, 4) is 5.75 Å². The molecule has 2 aromatic rings. The average Bonchev–Trinajstić information content (AvgIpc) is 3.08. The highest BCUT2D eigenvalue weighted by Gasteiger charge is 2.43. The van der Waals surface area contributed by atoms with Gasteiger partial charge in [-0.25, -0.2) is 0 Å². The van der Waals surface area contributed by atoms with Crippen LogP contribution in [-0.2, 0) is 9.53 Å². The van der Waals surface area contributed by atoms with Gasteiger partial charge in [0.25, 0.3) is 0 Å². The van der Waals surface area contributed by atoms with Gasteiger partial charge in [-0.2, -0.15) is 0 Å². The van der Waals surface area contributed by atoms with E-state index in [4.69, 9.17) is 9.47 Å². The quantitative estimate of drug-likeness (QED) is 0.857. The van der Waals surface area contributed by atoms with Crippen LogP contribution in [0.1, 0.15) is 30.0 Å². The van der Waals surface area contributed by atoms with Gasteiger partial charge >= 0.3 is 5.97 Å². The van der Waals surface area contributed by atoms with E-state index in [-0.39, 0.29) is 23.8 Å². The van der Waals surface area contributed by atoms with Crippen LogP contribution in [0.5, 0.6) is 5.75 Å². The van der Waals surface area contributed by atoms with E-state index in [9.17, 15) is 4.79 Å². The van der Waals surface area contributed by atoms with Crippen molar-refractivity contribution in [2.75, 3.05) is 20.3 Å². The molecule has 1 fully saturated rings. The summed E-state index contributed by atoms with van der Waals surface area (Å²) >= 11 is 0. The van der Waals surface area contributed by atoms with Gasteiger partial charge in [0.05, 0.1) is 19.6 Å². The normalized spacial score (nSPS) is 23.0. The Morgan fingerprint density at radius 2 is 1.79 bits per heavy atom. The predicted molar refractivity (Wildman–Crippen MR) is 93.0 cm³/mol. The Morgan fingerprint density at radius 1 is 1.08 bits per heavy atom. The molecule has 0 spiro atoms.